The van der Waals surface area contributed by atoms with Crippen LogP contribution >= 0.6 is 0 Å². The van der Waals surface area contributed by atoms with Gasteiger partial charge in [-0.05, 0) is 82.7 Å². The third-order valence-electron chi connectivity index (χ3n) is 9.62. The van der Waals surface area contributed by atoms with Crippen LogP contribution in [0, 0.1) is 29.2 Å². The lowest BCUT2D eigenvalue weighted by molar-refractivity contribution is 1.17. The molecule has 0 bridgehead atoms. The number of para-hydroxylation sites is 3. The maximum Gasteiger partial charge on any atom is 0.188 e. The lowest BCUT2D eigenvalue weighted by Gasteiger charge is -2.18. The fraction of sp³-hybridized carbons (Fsp3) is 0. The molecule has 0 spiro atoms. The van der Waals surface area contributed by atoms with Crippen LogP contribution in [0.2, 0.25) is 0 Å². The molecule has 0 aliphatic heterocycles. The number of aromatic nitrogens is 2. The molecule has 0 saturated carbocycles. The van der Waals surface area contributed by atoms with E-state index in [2.05, 4.69) is 80.7 Å². The summed E-state index contributed by atoms with van der Waals surface area (Å²) in [7, 11) is 0. The number of rotatable bonds is 4. The summed E-state index contributed by atoms with van der Waals surface area (Å²) in [5, 5.41) is 24.9. The molecule has 9 rings (SSSR count). The van der Waals surface area contributed by atoms with Gasteiger partial charge in [0.25, 0.3) is 0 Å². The van der Waals surface area contributed by atoms with Crippen LogP contribution in [0.1, 0.15) is 11.1 Å². The Hall–Kier alpha value is -7.39. The second-order valence-corrected chi connectivity index (χ2v) is 12.3. The van der Waals surface area contributed by atoms with Gasteiger partial charge in [-0.3, -0.25) is 0 Å². The van der Waals surface area contributed by atoms with Crippen LogP contribution in [0.4, 0.5) is 5.69 Å². The summed E-state index contributed by atoms with van der Waals surface area (Å²) in [5.41, 5.74) is 11.2. The van der Waals surface area contributed by atoms with E-state index in [1.807, 2.05) is 97.1 Å². The number of benzene rings is 7. The van der Waals surface area contributed by atoms with Crippen LogP contribution in [-0.4, -0.2) is 9.13 Å². The Morgan fingerprint density at radius 3 is 1.66 bits per heavy atom. The Morgan fingerprint density at radius 1 is 0.460 bits per heavy atom. The molecule has 0 saturated heterocycles. The molecule has 0 aliphatic rings. The summed E-state index contributed by atoms with van der Waals surface area (Å²) in [6, 6.07) is 55.5. The molecule has 0 unspecified atom stereocenters. The van der Waals surface area contributed by atoms with Gasteiger partial charge < -0.3 is 9.13 Å². The molecule has 7 aromatic carbocycles. The van der Waals surface area contributed by atoms with Crippen molar-refractivity contribution in [2.24, 2.45) is 0 Å². The Kier molecular flexibility index (Phi) is 6.56. The third kappa shape index (κ3) is 4.31. The monoisotopic (exact) mass is 635 g/mol. The Balaban J connectivity index is 1.27. The Labute approximate surface area is 288 Å². The van der Waals surface area contributed by atoms with Crippen molar-refractivity contribution in [2.45, 2.75) is 0 Å². The lowest BCUT2D eigenvalue weighted by atomic mass is 9.91. The SMILES string of the molecule is [C-]#[N+]c1ccc2c(c1)c1ccccc1n2-c1ccc(C#N)cc1-c1ccccc1-c1ccc(-n2c3ccccc3c3ccccc32)c(C#N)c1. The second kappa shape index (κ2) is 11.4. The average molecular weight is 636 g/mol. The molecular weight excluding hydrogens is 611 g/mol. The van der Waals surface area contributed by atoms with Crippen LogP contribution < -0.4 is 0 Å². The van der Waals surface area contributed by atoms with Gasteiger partial charge >= 0.3 is 0 Å². The van der Waals surface area contributed by atoms with Gasteiger partial charge in [0.2, 0.25) is 0 Å². The molecule has 0 N–H and O–H groups in total. The molecule has 2 aromatic heterocycles. The Bertz CT molecular complexity index is 2920. The first-order valence-electron chi connectivity index (χ1n) is 16.3. The highest BCUT2D eigenvalue weighted by molar-refractivity contribution is 6.11. The predicted molar refractivity (Wildman–Crippen MR) is 202 cm³/mol. The van der Waals surface area contributed by atoms with Crippen molar-refractivity contribution in [1.82, 2.24) is 9.13 Å². The van der Waals surface area contributed by atoms with Gasteiger partial charge in [-0.2, -0.15) is 10.5 Å². The molecule has 0 amide bonds. The van der Waals surface area contributed by atoms with Crippen molar-refractivity contribution in [3.63, 3.8) is 0 Å². The van der Waals surface area contributed by atoms with Gasteiger partial charge in [-0.25, -0.2) is 4.85 Å². The summed E-state index contributed by atoms with van der Waals surface area (Å²) in [6.45, 7) is 7.61. The van der Waals surface area contributed by atoms with E-state index in [1.165, 1.54) is 0 Å². The normalized spacial score (nSPS) is 11.1. The molecule has 230 valence electrons. The molecular formula is C45H25N5. The first-order chi connectivity index (χ1) is 24.7. The molecule has 5 heteroatoms. The first kappa shape index (κ1) is 28.8. The zero-order chi connectivity index (χ0) is 33.8. The summed E-state index contributed by atoms with van der Waals surface area (Å²) in [4.78, 5) is 3.69. The smallest absolute Gasteiger partial charge is 0.188 e. The van der Waals surface area contributed by atoms with Gasteiger partial charge in [-0.1, -0.05) is 91.0 Å². The maximum absolute atomic E-state index is 10.6. The molecule has 0 aliphatic carbocycles. The number of nitriles is 2. The summed E-state index contributed by atoms with van der Waals surface area (Å²) >= 11 is 0. The predicted octanol–water partition coefficient (Wildman–Crippen LogP) is 11.5. The van der Waals surface area contributed by atoms with Crippen molar-refractivity contribution < 1.29 is 0 Å². The quantitative estimate of drug-likeness (QED) is 0.181. The van der Waals surface area contributed by atoms with Crippen LogP contribution in [0.3, 0.4) is 0 Å². The molecule has 0 fully saturated rings. The standard InChI is InChI=1S/C45H25N5/c1-48-32-20-23-45-39(26-32)37-14-6-9-17-43(37)50(45)44-21-18-29(27-46)24-38(44)34-11-3-2-10-33(34)30-19-22-40(31(25-30)28-47)49-41-15-7-4-12-35(41)36-13-5-8-16-42(36)49/h2-26H. The van der Waals surface area contributed by atoms with Crippen molar-refractivity contribution in [3.8, 4) is 45.8 Å². The number of fused-ring (bicyclic) bond motifs is 6. The highest BCUT2D eigenvalue weighted by Crippen LogP contribution is 2.42. The summed E-state index contributed by atoms with van der Waals surface area (Å²) in [6.07, 6.45) is 0. The molecule has 50 heavy (non-hydrogen) atoms. The minimum atomic E-state index is 0.550. The fourth-order valence-electron chi connectivity index (χ4n) is 7.45. The van der Waals surface area contributed by atoms with Crippen molar-refractivity contribution >= 4 is 49.3 Å². The van der Waals surface area contributed by atoms with Gasteiger partial charge in [0.1, 0.15) is 6.07 Å². The van der Waals surface area contributed by atoms with E-state index in [4.69, 9.17) is 6.57 Å². The van der Waals surface area contributed by atoms with Gasteiger partial charge in [0, 0.05) is 21.7 Å². The molecule has 9 aromatic rings. The molecule has 0 radical (unpaired) electrons. The lowest BCUT2D eigenvalue weighted by Crippen LogP contribution is -2.00. The van der Waals surface area contributed by atoms with Crippen LogP contribution in [0.25, 0.3) is 82.1 Å². The largest absolute Gasteiger partial charge is 0.309 e. The zero-order valence-corrected chi connectivity index (χ0v) is 26.7. The highest BCUT2D eigenvalue weighted by atomic mass is 15.0. The molecule has 2 heterocycles. The fourth-order valence-corrected chi connectivity index (χ4v) is 7.45. The van der Waals surface area contributed by atoms with Gasteiger partial charge in [0.15, 0.2) is 5.69 Å². The van der Waals surface area contributed by atoms with Gasteiger partial charge in [-0.15, -0.1) is 0 Å². The minimum absolute atomic E-state index is 0.550. The van der Waals surface area contributed by atoms with E-state index in [9.17, 15) is 10.5 Å². The van der Waals surface area contributed by atoms with E-state index in [1.54, 1.807) is 0 Å². The van der Waals surface area contributed by atoms with Crippen molar-refractivity contribution in [1.29, 1.82) is 10.5 Å². The maximum atomic E-state index is 10.6. The van der Waals surface area contributed by atoms with E-state index in [-0.39, 0.29) is 0 Å². The van der Waals surface area contributed by atoms with E-state index >= 15 is 0 Å². The molecule has 0 atom stereocenters. The summed E-state index contributed by atoms with van der Waals surface area (Å²) in [5.74, 6) is 0. The van der Waals surface area contributed by atoms with E-state index in [0.29, 0.717) is 16.8 Å². The van der Waals surface area contributed by atoms with Gasteiger partial charge in [0.05, 0.1) is 57.2 Å². The zero-order valence-electron chi connectivity index (χ0n) is 26.7. The van der Waals surface area contributed by atoms with Crippen LogP contribution in [0.15, 0.2) is 152 Å². The topological polar surface area (TPSA) is 61.8 Å². The minimum Gasteiger partial charge on any atom is -0.309 e. The average Bonchev–Trinajstić information content (AvgIpc) is 3.70. The van der Waals surface area contributed by atoms with E-state index in [0.717, 1.165) is 77.2 Å². The van der Waals surface area contributed by atoms with Crippen molar-refractivity contribution in [2.75, 3.05) is 0 Å². The van der Waals surface area contributed by atoms with Crippen LogP contribution in [0.5, 0.6) is 0 Å². The summed E-state index contributed by atoms with van der Waals surface area (Å²) < 4.78 is 4.40. The van der Waals surface area contributed by atoms with Crippen LogP contribution in [-0.2, 0) is 0 Å². The Morgan fingerprint density at radius 2 is 1.02 bits per heavy atom. The number of nitrogens with zero attached hydrogens (tertiary/aromatic N) is 5. The number of hydrogen-bond acceptors (Lipinski definition) is 2. The first-order valence-corrected chi connectivity index (χ1v) is 16.3. The van der Waals surface area contributed by atoms with Crippen molar-refractivity contribution in [3.05, 3.63) is 174 Å². The highest BCUT2D eigenvalue weighted by Gasteiger charge is 2.20. The third-order valence-corrected chi connectivity index (χ3v) is 9.62. The molecule has 5 nitrogen and oxygen atoms in total. The number of hydrogen-bond donors (Lipinski definition) is 0. The van der Waals surface area contributed by atoms with E-state index < -0.39 is 0 Å². The second-order valence-electron chi connectivity index (χ2n) is 12.3.